The van der Waals surface area contributed by atoms with Crippen LogP contribution < -0.4 is 27.0 Å². The van der Waals surface area contributed by atoms with Crippen LogP contribution in [0.1, 0.15) is 19.8 Å². The number of nitrogens with two attached hydrogens (primary N) is 1. The highest BCUT2D eigenvalue weighted by Crippen LogP contribution is 1.97. The largest absolute Gasteiger partial charge is 0.370 e. The highest BCUT2D eigenvalue weighted by molar-refractivity contribution is 5.88. The molecule has 0 heterocycles. The Kier molecular flexibility index (Phi) is 9.15. The fourth-order valence-corrected chi connectivity index (χ4v) is 1.50. The van der Waals surface area contributed by atoms with E-state index in [2.05, 4.69) is 21.3 Å². The number of guanidine groups is 1. The Morgan fingerprint density at radius 2 is 2.00 bits per heavy atom. The van der Waals surface area contributed by atoms with Gasteiger partial charge in [0.2, 0.25) is 11.8 Å². The first kappa shape index (κ1) is 17.2. The minimum atomic E-state index is -0.561. The quantitative estimate of drug-likeness (QED) is 0.166. The van der Waals surface area contributed by atoms with E-state index in [-0.39, 0.29) is 24.3 Å². The first-order valence-electron chi connectivity index (χ1n) is 6.30. The van der Waals surface area contributed by atoms with E-state index in [0.29, 0.717) is 25.9 Å². The van der Waals surface area contributed by atoms with Crippen molar-refractivity contribution in [1.82, 2.24) is 21.3 Å². The summed E-state index contributed by atoms with van der Waals surface area (Å²) < 4.78 is 0. The van der Waals surface area contributed by atoms with Gasteiger partial charge in [-0.3, -0.25) is 15.0 Å². The maximum Gasteiger partial charge on any atom is 0.242 e. The lowest BCUT2D eigenvalue weighted by atomic mass is 10.1. The van der Waals surface area contributed by atoms with Crippen molar-refractivity contribution >= 4 is 17.8 Å². The van der Waals surface area contributed by atoms with Crippen LogP contribution in [0.25, 0.3) is 0 Å². The van der Waals surface area contributed by atoms with Crippen molar-refractivity contribution in [3.8, 4) is 0 Å². The van der Waals surface area contributed by atoms with E-state index in [4.69, 9.17) is 11.1 Å². The first-order valence-corrected chi connectivity index (χ1v) is 6.30. The molecule has 0 aliphatic carbocycles. The van der Waals surface area contributed by atoms with Crippen LogP contribution in [0, 0.1) is 5.41 Å². The smallest absolute Gasteiger partial charge is 0.242 e. The summed E-state index contributed by atoms with van der Waals surface area (Å²) in [5.74, 6) is -0.526. The Morgan fingerprint density at radius 3 is 2.53 bits per heavy atom. The molecule has 0 spiro atoms. The average molecular weight is 272 g/mol. The molecule has 0 aromatic heterocycles. The predicted molar refractivity (Wildman–Crippen MR) is 73.7 cm³/mol. The molecule has 0 aromatic rings. The highest BCUT2D eigenvalue weighted by atomic mass is 16.2. The lowest BCUT2D eigenvalue weighted by Crippen LogP contribution is -2.49. The van der Waals surface area contributed by atoms with Gasteiger partial charge in [0.15, 0.2) is 5.96 Å². The zero-order valence-electron chi connectivity index (χ0n) is 11.5. The number of hydrogen-bond donors (Lipinski definition) is 6. The van der Waals surface area contributed by atoms with E-state index < -0.39 is 6.04 Å². The summed E-state index contributed by atoms with van der Waals surface area (Å²) in [6.45, 7) is 3.00. The summed E-state index contributed by atoms with van der Waals surface area (Å²) in [6, 6.07) is -0.561. The van der Waals surface area contributed by atoms with Crippen molar-refractivity contribution in [2.24, 2.45) is 5.73 Å². The van der Waals surface area contributed by atoms with Gasteiger partial charge in [-0.2, -0.15) is 0 Å². The Balaban J connectivity index is 4.21. The van der Waals surface area contributed by atoms with Gasteiger partial charge in [0.1, 0.15) is 6.04 Å². The van der Waals surface area contributed by atoms with Crippen molar-refractivity contribution in [3.63, 3.8) is 0 Å². The van der Waals surface area contributed by atoms with E-state index >= 15 is 0 Å². The predicted octanol–water partition coefficient (Wildman–Crippen LogP) is -1.91. The molecule has 0 fully saturated rings. The third-order valence-corrected chi connectivity index (χ3v) is 2.33. The molecule has 1 unspecified atom stereocenters. The summed E-state index contributed by atoms with van der Waals surface area (Å²) in [5.41, 5.74) is 5.15. The van der Waals surface area contributed by atoms with Gasteiger partial charge >= 0.3 is 0 Å². The molecule has 110 valence electrons. The molecule has 19 heavy (non-hydrogen) atoms. The Morgan fingerprint density at radius 1 is 1.32 bits per heavy atom. The normalized spacial score (nSPS) is 11.5. The van der Waals surface area contributed by atoms with Gasteiger partial charge in [-0.05, 0) is 26.8 Å². The Hall–Kier alpha value is -1.83. The molecule has 1 atom stereocenters. The average Bonchev–Trinajstić information content (AvgIpc) is 2.33. The number of carbonyl (C=O) groups is 2. The fourth-order valence-electron chi connectivity index (χ4n) is 1.50. The summed E-state index contributed by atoms with van der Waals surface area (Å²) >= 11 is 0. The number of hydrogen-bond acceptors (Lipinski definition) is 4. The number of rotatable bonds is 9. The second-order valence-corrected chi connectivity index (χ2v) is 4.03. The Labute approximate surface area is 113 Å². The van der Waals surface area contributed by atoms with Crippen LogP contribution in [0.2, 0.25) is 0 Å². The van der Waals surface area contributed by atoms with E-state index in [1.807, 2.05) is 6.92 Å². The summed E-state index contributed by atoms with van der Waals surface area (Å²) in [5, 5.41) is 17.7. The van der Waals surface area contributed by atoms with Crippen LogP contribution in [-0.2, 0) is 9.59 Å². The van der Waals surface area contributed by atoms with Crippen LogP contribution in [0.4, 0.5) is 0 Å². The second kappa shape index (κ2) is 10.1. The van der Waals surface area contributed by atoms with E-state index in [1.54, 1.807) is 7.05 Å². The Bertz CT molecular complexity index is 308. The second-order valence-electron chi connectivity index (χ2n) is 4.03. The third-order valence-electron chi connectivity index (χ3n) is 2.33. The van der Waals surface area contributed by atoms with Crippen molar-refractivity contribution in [1.29, 1.82) is 5.41 Å². The molecular weight excluding hydrogens is 248 g/mol. The van der Waals surface area contributed by atoms with E-state index in [9.17, 15) is 9.59 Å². The van der Waals surface area contributed by atoms with E-state index in [0.717, 1.165) is 0 Å². The molecule has 0 radical (unpaired) electrons. The van der Waals surface area contributed by atoms with Gasteiger partial charge in [-0.25, -0.2) is 0 Å². The fraction of sp³-hybridized carbons (Fsp3) is 0.727. The van der Waals surface area contributed by atoms with Crippen LogP contribution in [-0.4, -0.2) is 50.5 Å². The van der Waals surface area contributed by atoms with Crippen LogP contribution in [0.3, 0.4) is 0 Å². The number of amides is 2. The van der Waals surface area contributed by atoms with Crippen LogP contribution in [0.15, 0.2) is 0 Å². The molecule has 2 amide bonds. The topological polar surface area (TPSA) is 132 Å². The zero-order chi connectivity index (χ0) is 14.7. The molecule has 0 aliphatic heterocycles. The molecule has 7 N–H and O–H groups in total. The van der Waals surface area contributed by atoms with Gasteiger partial charge in [-0.1, -0.05) is 0 Å². The molecule has 0 aliphatic rings. The van der Waals surface area contributed by atoms with Gasteiger partial charge in [0.05, 0.1) is 6.54 Å². The van der Waals surface area contributed by atoms with Crippen molar-refractivity contribution in [2.75, 3.05) is 26.7 Å². The number of carbonyl (C=O) groups excluding carboxylic acids is 2. The van der Waals surface area contributed by atoms with Crippen molar-refractivity contribution < 1.29 is 9.59 Å². The van der Waals surface area contributed by atoms with Crippen LogP contribution >= 0.6 is 0 Å². The molecule has 0 rings (SSSR count). The van der Waals surface area contributed by atoms with Crippen molar-refractivity contribution in [3.05, 3.63) is 0 Å². The molecule has 0 bridgehead atoms. The molecule has 0 saturated heterocycles. The number of nitrogens with one attached hydrogen (secondary N) is 5. The monoisotopic (exact) mass is 272 g/mol. The summed E-state index contributed by atoms with van der Waals surface area (Å²) in [6.07, 6.45) is 1.11. The van der Waals surface area contributed by atoms with Gasteiger partial charge < -0.3 is 27.0 Å². The maximum absolute atomic E-state index is 11.8. The first-order chi connectivity index (χ1) is 9.01. The molecule has 8 heteroatoms. The molecule has 8 nitrogen and oxygen atoms in total. The standard InChI is InChI=1S/C11H24N6O2/c1-3-15-10(19)8(17-9(18)7-14-2)5-4-6-16-11(12)13/h8,14H,3-7H2,1-2H3,(H,15,19)(H,17,18)(H4,12,13,16). The highest BCUT2D eigenvalue weighted by Gasteiger charge is 2.19. The SMILES string of the molecule is CCNC(=O)C(CCCNC(=N)N)NC(=O)CNC. The van der Waals surface area contributed by atoms with Gasteiger partial charge in [0.25, 0.3) is 0 Å². The summed E-state index contributed by atoms with van der Waals surface area (Å²) in [7, 11) is 1.66. The number of likely N-dealkylation sites (N-methyl/N-ethyl adjacent to an activating group) is 2. The minimum absolute atomic E-state index is 0.103. The van der Waals surface area contributed by atoms with Crippen molar-refractivity contribution in [2.45, 2.75) is 25.8 Å². The lowest BCUT2D eigenvalue weighted by molar-refractivity contribution is -0.128. The van der Waals surface area contributed by atoms with E-state index in [1.165, 1.54) is 0 Å². The zero-order valence-corrected chi connectivity index (χ0v) is 11.5. The molecule has 0 saturated carbocycles. The third kappa shape index (κ3) is 8.83. The maximum atomic E-state index is 11.8. The molecular formula is C11H24N6O2. The lowest BCUT2D eigenvalue weighted by Gasteiger charge is -2.18. The molecule has 0 aromatic carbocycles. The van der Waals surface area contributed by atoms with Crippen LogP contribution in [0.5, 0.6) is 0 Å². The summed E-state index contributed by atoms with van der Waals surface area (Å²) in [4.78, 5) is 23.3. The van der Waals surface area contributed by atoms with Gasteiger partial charge in [0, 0.05) is 13.1 Å². The minimum Gasteiger partial charge on any atom is -0.370 e. The van der Waals surface area contributed by atoms with Gasteiger partial charge in [-0.15, -0.1) is 0 Å².